The van der Waals surface area contributed by atoms with Gasteiger partial charge < -0.3 is 5.32 Å². The molecule has 2 aromatic carbocycles. The predicted molar refractivity (Wildman–Crippen MR) is 97.4 cm³/mol. The minimum atomic E-state index is -0.717. The summed E-state index contributed by atoms with van der Waals surface area (Å²) in [6.07, 6.45) is 5.28. The third kappa shape index (κ3) is 3.30. The number of carbonyl (C=O) groups excluding carboxylic acids is 1. The minimum absolute atomic E-state index is 0.00373. The summed E-state index contributed by atoms with van der Waals surface area (Å²) in [5.74, 6) is 0.978. The van der Waals surface area contributed by atoms with E-state index in [0.29, 0.717) is 16.5 Å². The van der Waals surface area contributed by atoms with Crippen molar-refractivity contribution in [1.82, 2.24) is 15.1 Å². The van der Waals surface area contributed by atoms with Crippen LogP contribution in [-0.4, -0.2) is 15.7 Å². The third-order valence-corrected chi connectivity index (χ3v) is 4.11. The van der Waals surface area contributed by atoms with Crippen molar-refractivity contribution in [1.29, 1.82) is 0 Å². The molecule has 0 saturated heterocycles. The summed E-state index contributed by atoms with van der Waals surface area (Å²) in [6, 6.07) is 10.9. The molecule has 0 unspecified atom stereocenters. The highest BCUT2D eigenvalue weighted by Gasteiger charge is 2.17. The van der Waals surface area contributed by atoms with Gasteiger partial charge in [-0.25, -0.2) is 9.07 Å². The van der Waals surface area contributed by atoms with Crippen molar-refractivity contribution < 1.29 is 9.18 Å². The second kappa shape index (κ2) is 7.38. The number of nitrogens with zero attached hydrogens (tertiary/aromatic N) is 2. The van der Waals surface area contributed by atoms with Gasteiger partial charge in [-0.1, -0.05) is 41.8 Å². The van der Waals surface area contributed by atoms with Crippen molar-refractivity contribution in [3.63, 3.8) is 0 Å². The zero-order valence-electron chi connectivity index (χ0n) is 13.5. The molecular weight excluding hydrogens is 357 g/mol. The van der Waals surface area contributed by atoms with Gasteiger partial charge in [0.25, 0.3) is 11.5 Å². The van der Waals surface area contributed by atoms with Crippen LogP contribution in [0.4, 0.5) is 4.39 Å². The lowest BCUT2D eigenvalue weighted by molar-refractivity contribution is 0.0946. The van der Waals surface area contributed by atoms with Gasteiger partial charge in [0.05, 0.1) is 28.2 Å². The van der Waals surface area contributed by atoms with E-state index < -0.39 is 11.7 Å². The maximum atomic E-state index is 13.9. The van der Waals surface area contributed by atoms with Crippen LogP contribution in [0.25, 0.3) is 10.8 Å². The Labute approximate surface area is 153 Å². The Morgan fingerprint density at radius 3 is 2.65 bits per heavy atom. The molecule has 0 atom stereocenters. The summed E-state index contributed by atoms with van der Waals surface area (Å²) in [5.41, 5.74) is -0.113. The van der Waals surface area contributed by atoms with E-state index in [0.717, 1.165) is 10.7 Å². The van der Waals surface area contributed by atoms with E-state index in [2.05, 4.69) is 16.3 Å². The molecule has 3 rings (SSSR count). The molecule has 5 nitrogen and oxygen atoms in total. The summed E-state index contributed by atoms with van der Waals surface area (Å²) in [7, 11) is 0. The molecule has 0 aliphatic rings. The van der Waals surface area contributed by atoms with Crippen molar-refractivity contribution >= 4 is 28.3 Å². The minimum Gasteiger partial charge on any atom is -0.346 e. The van der Waals surface area contributed by atoms with E-state index in [1.807, 2.05) is 0 Å². The number of halogens is 2. The van der Waals surface area contributed by atoms with Crippen LogP contribution in [0.5, 0.6) is 0 Å². The van der Waals surface area contributed by atoms with E-state index in [1.54, 1.807) is 24.3 Å². The average Bonchev–Trinajstić information content (AvgIpc) is 2.63. The van der Waals surface area contributed by atoms with E-state index in [-0.39, 0.29) is 29.2 Å². The van der Waals surface area contributed by atoms with Crippen LogP contribution in [0.3, 0.4) is 0 Å². The molecule has 0 spiro atoms. The SMILES string of the molecule is C#CCn1nc(CNC(=O)c2c(F)cccc2Cl)c2ccccc2c1=O. The summed E-state index contributed by atoms with van der Waals surface area (Å²) >= 11 is 5.90. The van der Waals surface area contributed by atoms with E-state index in [4.69, 9.17) is 18.0 Å². The number of hydrogen-bond donors (Lipinski definition) is 1. The Bertz CT molecular complexity index is 1080. The van der Waals surface area contributed by atoms with Gasteiger partial charge in [-0.05, 0) is 18.2 Å². The molecule has 0 bridgehead atoms. The van der Waals surface area contributed by atoms with Gasteiger partial charge in [-0.2, -0.15) is 5.10 Å². The Morgan fingerprint density at radius 2 is 1.96 bits per heavy atom. The Hall–Kier alpha value is -3.17. The van der Waals surface area contributed by atoms with Crippen LogP contribution in [0.15, 0.2) is 47.3 Å². The fraction of sp³-hybridized carbons (Fsp3) is 0.105. The van der Waals surface area contributed by atoms with Crippen LogP contribution >= 0.6 is 11.6 Å². The number of carbonyl (C=O) groups is 1. The molecule has 1 heterocycles. The van der Waals surface area contributed by atoms with Gasteiger partial charge in [-0.3, -0.25) is 9.59 Å². The number of hydrogen-bond acceptors (Lipinski definition) is 3. The van der Waals surface area contributed by atoms with Crippen molar-refractivity contribution in [3.05, 3.63) is 74.9 Å². The first-order valence-electron chi connectivity index (χ1n) is 7.67. The second-order valence-electron chi connectivity index (χ2n) is 5.44. The van der Waals surface area contributed by atoms with E-state index in [1.165, 1.54) is 12.1 Å². The number of terminal acetylenes is 1. The molecule has 0 aliphatic carbocycles. The highest BCUT2D eigenvalue weighted by atomic mass is 35.5. The highest BCUT2D eigenvalue weighted by Crippen LogP contribution is 2.19. The van der Waals surface area contributed by atoms with E-state index >= 15 is 0 Å². The Morgan fingerprint density at radius 1 is 1.23 bits per heavy atom. The number of aromatic nitrogens is 2. The zero-order chi connectivity index (χ0) is 18.7. The van der Waals surface area contributed by atoms with Crippen molar-refractivity contribution in [2.45, 2.75) is 13.1 Å². The first kappa shape index (κ1) is 17.6. The molecule has 1 aromatic heterocycles. The molecule has 0 radical (unpaired) electrons. The van der Waals surface area contributed by atoms with Crippen LogP contribution in [-0.2, 0) is 13.1 Å². The third-order valence-electron chi connectivity index (χ3n) is 3.79. The van der Waals surface area contributed by atoms with Crippen LogP contribution in [0.1, 0.15) is 16.1 Å². The molecule has 3 aromatic rings. The van der Waals surface area contributed by atoms with Gasteiger partial charge in [-0.15, -0.1) is 6.42 Å². The number of nitrogens with one attached hydrogen (secondary N) is 1. The normalized spacial score (nSPS) is 10.5. The fourth-order valence-corrected chi connectivity index (χ4v) is 2.85. The van der Waals surface area contributed by atoms with E-state index in [9.17, 15) is 14.0 Å². The summed E-state index contributed by atoms with van der Waals surface area (Å²) in [5, 5.41) is 7.84. The average molecular weight is 370 g/mol. The maximum absolute atomic E-state index is 13.9. The van der Waals surface area contributed by atoms with Crippen molar-refractivity contribution in [2.75, 3.05) is 0 Å². The molecule has 7 heteroatoms. The second-order valence-corrected chi connectivity index (χ2v) is 5.85. The molecule has 1 N–H and O–H groups in total. The highest BCUT2D eigenvalue weighted by molar-refractivity contribution is 6.33. The smallest absolute Gasteiger partial charge is 0.275 e. The molecule has 0 fully saturated rings. The summed E-state index contributed by atoms with van der Waals surface area (Å²) in [4.78, 5) is 24.7. The first-order chi connectivity index (χ1) is 12.5. The van der Waals surface area contributed by atoms with Crippen LogP contribution < -0.4 is 10.9 Å². The predicted octanol–water partition coefficient (Wildman–Crippen LogP) is 2.75. The van der Waals surface area contributed by atoms with Gasteiger partial charge in [0.15, 0.2) is 0 Å². The molecular formula is C19H13ClFN3O2. The summed E-state index contributed by atoms with van der Waals surface area (Å²) in [6.45, 7) is -0.0153. The molecule has 1 amide bonds. The van der Waals surface area contributed by atoms with Crippen molar-refractivity contribution in [3.8, 4) is 12.3 Å². The van der Waals surface area contributed by atoms with Gasteiger partial charge in [0.1, 0.15) is 12.4 Å². The number of fused-ring (bicyclic) bond motifs is 1. The van der Waals surface area contributed by atoms with Crippen LogP contribution in [0, 0.1) is 18.2 Å². The lowest BCUT2D eigenvalue weighted by Crippen LogP contribution is -2.29. The van der Waals surface area contributed by atoms with Crippen molar-refractivity contribution in [2.24, 2.45) is 0 Å². The lowest BCUT2D eigenvalue weighted by Gasteiger charge is -2.11. The van der Waals surface area contributed by atoms with Gasteiger partial charge >= 0.3 is 0 Å². The zero-order valence-corrected chi connectivity index (χ0v) is 14.3. The number of benzene rings is 2. The monoisotopic (exact) mass is 369 g/mol. The Balaban J connectivity index is 1.96. The van der Waals surface area contributed by atoms with Gasteiger partial charge in [0, 0.05) is 5.39 Å². The molecule has 26 heavy (non-hydrogen) atoms. The number of rotatable bonds is 4. The standard InChI is InChI=1S/C19H13ClFN3O2/c1-2-10-24-19(26)13-7-4-3-6-12(13)16(23-24)11-22-18(25)17-14(20)8-5-9-15(17)21/h1,3-9H,10-11H2,(H,22,25). The van der Waals surface area contributed by atoms with Crippen LogP contribution in [0.2, 0.25) is 5.02 Å². The number of amides is 1. The Kier molecular flexibility index (Phi) is 5.01. The molecule has 0 aliphatic heterocycles. The van der Waals surface area contributed by atoms with Gasteiger partial charge in [0.2, 0.25) is 0 Å². The molecule has 130 valence electrons. The first-order valence-corrected chi connectivity index (χ1v) is 8.05. The largest absolute Gasteiger partial charge is 0.346 e. The quantitative estimate of drug-likeness (QED) is 0.719. The topological polar surface area (TPSA) is 64.0 Å². The lowest BCUT2D eigenvalue weighted by atomic mass is 10.1. The fourth-order valence-electron chi connectivity index (χ4n) is 2.60. The summed E-state index contributed by atoms with van der Waals surface area (Å²) < 4.78 is 15.0. The maximum Gasteiger partial charge on any atom is 0.275 e. The molecule has 0 saturated carbocycles.